The second kappa shape index (κ2) is 6.58. The number of aromatic nitrogens is 1. The molecule has 6 heteroatoms. The highest BCUT2D eigenvalue weighted by atomic mass is 32.1. The summed E-state index contributed by atoms with van der Waals surface area (Å²) in [7, 11) is 0. The molecule has 0 fully saturated rings. The molecule has 1 atom stereocenters. The molecule has 1 aromatic carbocycles. The van der Waals surface area contributed by atoms with E-state index >= 15 is 0 Å². The van der Waals surface area contributed by atoms with Crippen molar-refractivity contribution >= 4 is 11.3 Å². The third-order valence-electron chi connectivity index (χ3n) is 3.20. The van der Waals surface area contributed by atoms with Crippen LogP contribution in [0.25, 0.3) is 10.4 Å². The molecule has 21 heavy (non-hydrogen) atoms. The van der Waals surface area contributed by atoms with E-state index < -0.39 is 11.2 Å². The smallest absolute Gasteiger partial charge is 0.310 e. The van der Waals surface area contributed by atoms with Crippen molar-refractivity contribution in [1.29, 1.82) is 0 Å². The monoisotopic (exact) mass is 314 g/mol. The Kier molecular flexibility index (Phi) is 5.00. The molecule has 1 aromatic heterocycles. The zero-order valence-corrected chi connectivity index (χ0v) is 12.7. The molecule has 0 aliphatic carbocycles. The normalized spacial score (nSPS) is 13.4. The third kappa shape index (κ3) is 3.83. The molecule has 0 bridgehead atoms. The van der Waals surface area contributed by atoms with E-state index in [1.165, 1.54) is 6.20 Å². The van der Waals surface area contributed by atoms with Crippen molar-refractivity contribution < 1.29 is 13.2 Å². The average molecular weight is 314 g/mol. The largest absolute Gasteiger partial charge is 0.443 e. The van der Waals surface area contributed by atoms with Gasteiger partial charge in [0.1, 0.15) is 0 Å². The maximum absolute atomic E-state index is 12.6. The number of nitrogens with one attached hydrogen (secondary N) is 1. The van der Waals surface area contributed by atoms with Crippen LogP contribution < -0.4 is 5.32 Å². The first-order chi connectivity index (χ1) is 9.95. The predicted molar refractivity (Wildman–Crippen MR) is 79.3 cm³/mol. The number of alkyl halides is 3. The Bertz CT molecular complexity index is 575. The van der Waals surface area contributed by atoms with Gasteiger partial charge < -0.3 is 5.32 Å². The summed E-state index contributed by atoms with van der Waals surface area (Å²) in [4.78, 5) is 3.98. The first-order valence-corrected chi connectivity index (χ1v) is 7.64. The molecular weight excluding hydrogens is 297 g/mol. The quantitative estimate of drug-likeness (QED) is 0.850. The number of thiazole rings is 1. The Morgan fingerprint density at radius 1 is 1.19 bits per heavy atom. The number of benzene rings is 1. The summed E-state index contributed by atoms with van der Waals surface area (Å²) in [5, 5.41) is 2.57. The number of hydrogen-bond acceptors (Lipinski definition) is 3. The second-order valence-electron chi connectivity index (χ2n) is 4.67. The molecule has 2 rings (SSSR count). The molecule has 1 unspecified atom stereocenters. The zero-order chi connectivity index (χ0) is 15.5. The summed E-state index contributed by atoms with van der Waals surface area (Å²) in [5.41, 5.74) is 1.90. The molecule has 114 valence electrons. The Labute approximate surface area is 126 Å². The molecule has 0 aliphatic heterocycles. The highest BCUT2D eigenvalue weighted by Gasteiger charge is 2.34. The van der Waals surface area contributed by atoms with Crippen LogP contribution >= 0.6 is 11.3 Å². The first kappa shape index (κ1) is 16.0. The van der Waals surface area contributed by atoms with E-state index in [0.29, 0.717) is 16.2 Å². The molecule has 1 N–H and O–H groups in total. The fraction of sp³-hybridized carbons (Fsp3) is 0.400. The van der Waals surface area contributed by atoms with E-state index in [-0.39, 0.29) is 6.04 Å². The van der Waals surface area contributed by atoms with Gasteiger partial charge >= 0.3 is 6.18 Å². The molecule has 2 nitrogen and oxygen atoms in total. The van der Waals surface area contributed by atoms with E-state index in [0.717, 1.165) is 24.1 Å². The van der Waals surface area contributed by atoms with Gasteiger partial charge in [-0.2, -0.15) is 13.2 Å². The van der Waals surface area contributed by atoms with Gasteiger partial charge in [-0.05, 0) is 24.1 Å². The van der Waals surface area contributed by atoms with Crippen LogP contribution in [-0.4, -0.2) is 11.5 Å². The lowest BCUT2D eigenvalue weighted by atomic mass is 10.0. The van der Waals surface area contributed by atoms with E-state index in [1.807, 2.05) is 31.2 Å². The molecule has 0 spiro atoms. The summed E-state index contributed by atoms with van der Waals surface area (Å²) in [6, 6.07) is 7.89. The van der Waals surface area contributed by atoms with Gasteiger partial charge in [-0.15, -0.1) is 11.3 Å². The zero-order valence-electron chi connectivity index (χ0n) is 11.9. The molecule has 0 saturated carbocycles. The minimum atomic E-state index is -4.37. The number of hydrogen-bond donors (Lipinski definition) is 1. The number of rotatable bonds is 5. The summed E-state index contributed by atoms with van der Waals surface area (Å²) in [6.45, 7) is 5.02. The van der Waals surface area contributed by atoms with Crippen molar-refractivity contribution in [3.63, 3.8) is 0 Å². The number of nitrogens with zero attached hydrogens (tertiary/aromatic N) is 1. The second-order valence-corrected chi connectivity index (χ2v) is 5.70. The SMILES string of the molecule is CCNC(CC)c1ccc(-c2cnc(C(F)(F)F)s2)cc1. The maximum Gasteiger partial charge on any atom is 0.443 e. The molecule has 0 saturated heterocycles. The van der Waals surface area contributed by atoms with E-state index in [1.54, 1.807) is 0 Å². The first-order valence-electron chi connectivity index (χ1n) is 6.82. The van der Waals surface area contributed by atoms with Gasteiger partial charge in [0, 0.05) is 12.2 Å². The standard InChI is InChI=1S/C15H17F3N2S/c1-3-12(19-4-2)10-5-7-11(8-6-10)13-9-20-14(21-13)15(16,17)18/h5-9,12,19H,3-4H2,1-2H3. The summed E-state index contributed by atoms with van der Waals surface area (Å²) in [6.07, 6.45) is -2.13. The van der Waals surface area contributed by atoms with Gasteiger partial charge in [-0.25, -0.2) is 4.98 Å². The van der Waals surface area contributed by atoms with Gasteiger partial charge in [0.2, 0.25) is 0 Å². The molecular formula is C15H17F3N2S. The topological polar surface area (TPSA) is 24.9 Å². The molecule has 0 amide bonds. The van der Waals surface area contributed by atoms with Gasteiger partial charge in [0.15, 0.2) is 5.01 Å². The van der Waals surface area contributed by atoms with Crippen LogP contribution in [0.4, 0.5) is 13.2 Å². The van der Waals surface area contributed by atoms with Gasteiger partial charge in [-0.1, -0.05) is 38.1 Å². The van der Waals surface area contributed by atoms with Crippen molar-refractivity contribution in [2.45, 2.75) is 32.5 Å². The lowest BCUT2D eigenvalue weighted by molar-refractivity contribution is -0.137. The highest BCUT2D eigenvalue weighted by molar-refractivity contribution is 7.15. The Balaban J connectivity index is 2.21. The maximum atomic E-state index is 12.6. The minimum Gasteiger partial charge on any atom is -0.310 e. The van der Waals surface area contributed by atoms with Crippen LogP contribution in [0.1, 0.15) is 36.9 Å². The molecule has 1 heterocycles. The predicted octanol–water partition coefficient (Wildman–Crippen LogP) is 4.89. The van der Waals surface area contributed by atoms with E-state index in [4.69, 9.17) is 0 Å². The molecule has 2 aromatic rings. The lowest BCUT2D eigenvalue weighted by Crippen LogP contribution is -2.19. The van der Waals surface area contributed by atoms with Crippen LogP contribution in [0.15, 0.2) is 30.5 Å². The number of halogens is 3. The minimum absolute atomic E-state index is 0.274. The van der Waals surface area contributed by atoms with E-state index in [9.17, 15) is 13.2 Å². The van der Waals surface area contributed by atoms with E-state index in [2.05, 4.69) is 17.2 Å². The summed E-state index contributed by atoms with van der Waals surface area (Å²) in [5.74, 6) is 0. The van der Waals surface area contributed by atoms with Crippen LogP contribution in [0.3, 0.4) is 0 Å². The van der Waals surface area contributed by atoms with Crippen LogP contribution in [0, 0.1) is 0 Å². The van der Waals surface area contributed by atoms with Crippen LogP contribution in [0.2, 0.25) is 0 Å². The average Bonchev–Trinajstić information content (AvgIpc) is 2.95. The summed E-state index contributed by atoms with van der Waals surface area (Å²) >= 11 is 0.671. The van der Waals surface area contributed by atoms with Crippen molar-refractivity contribution in [2.75, 3.05) is 6.54 Å². The van der Waals surface area contributed by atoms with Gasteiger partial charge in [0.05, 0.1) is 4.88 Å². The molecule has 0 radical (unpaired) electrons. The molecule has 0 aliphatic rings. The summed E-state index contributed by atoms with van der Waals surface area (Å²) < 4.78 is 37.7. The highest BCUT2D eigenvalue weighted by Crippen LogP contribution is 2.36. The Hall–Kier alpha value is -1.40. The van der Waals surface area contributed by atoms with Crippen molar-refractivity contribution in [3.05, 3.63) is 41.0 Å². The Morgan fingerprint density at radius 2 is 1.86 bits per heavy atom. The van der Waals surface area contributed by atoms with Crippen LogP contribution in [0.5, 0.6) is 0 Å². The van der Waals surface area contributed by atoms with Crippen molar-refractivity contribution in [2.24, 2.45) is 0 Å². The fourth-order valence-electron chi connectivity index (χ4n) is 2.16. The fourth-order valence-corrected chi connectivity index (χ4v) is 2.95. The van der Waals surface area contributed by atoms with Crippen molar-refractivity contribution in [1.82, 2.24) is 10.3 Å². The van der Waals surface area contributed by atoms with Gasteiger partial charge in [0.25, 0.3) is 0 Å². The van der Waals surface area contributed by atoms with Crippen LogP contribution in [-0.2, 0) is 6.18 Å². The third-order valence-corrected chi connectivity index (χ3v) is 4.30. The van der Waals surface area contributed by atoms with Crippen molar-refractivity contribution in [3.8, 4) is 10.4 Å². The van der Waals surface area contributed by atoms with Gasteiger partial charge in [-0.3, -0.25) is 0 Å². The Morgan fingerprint density at radius 3 is 2.33 bits per heavy atom. The lowest BCUT2D eigenvalue weighted by Gasteiger charge is -2.16.